The van der Waals surface area contributed by atoms with Crippen molar-refractivity contribution in [2.75, 3.05) is 5.75 Å². The fraction of sp³-hybridized carbons (Fsp3) is 0.389. The van der Waals surface area contributed by atoms with Gasteiger partial charge in [0, 0.05) is 24.3 Å². The number of benzene rings is 1. The van der Waals surface area contributed by atoms with Crippen molar-refractivity contribution in [3.63, 3.8) is 0 Å². The highest BCUT2D eigenvalue weighted by Gasteiger charge is 2.16. The van der Waals surface area contributed by atoms with Crippen LogP contribution in [0, 0.1) is 0 Å². The monoisotopic (exact) mass is 344 g/mol. The molecule has 0 aliphatic rings. The zero-order valence-electron chi connectivity index (χ0n) is 14.5. The van der Waals surface area contributed by atoms with Gasteiger partial charge in [-0.1, -0.05) is 62.9 Å². The molecule has 1 aromatic heterocycles. The standard InChI is InChI=1S/C18H24N4OS/c1-5-11-22-16(20-21-17(22)24-12-10-15(19)23)13-6-8-14(9-7-13)18(2,3)4/h5-9H,1,10-12H2,2-4H3,(H2,19,23). The van der Waals surface area contributed by atoms with Gasteiger partial charge < -0.3 is 5.73 Å². The molecule has 2 rings (SSSR count). The van der Waals surface area contributed by atoms with E-state index in [2.05, 4.69) is 61.8 Å². The van der Waals surface area contributed by atoms with Gasteiger partial charge in [-0.25, -0.2) is 0 Å². The number of amides is 1. The van der Waals surface area contributed by atoms with Gasteiger partial charge in [0.1, 0.15) is 0 Å². The van der Waals surface area contributed by atoms with Gasteiger partial charge in [-0.3, -0.25) is 9.36 Å². The molecule has 5 nitrogen and oxygen atoms in total. The van der Waals surface area contributed by atoms with Gasteiger partial charge in [-0.15, -0.1) is 16.8 Å². The van der Waals surface area contributed by atoms with E-state index in [1.54, 1.807) is 0 Å². The van der Waals surface area contributed by atoms with E-state index in [0.717, 1.165) is 16.5 Å². The highest BCUT2D eigenvalue weighted by atomic mass is 32.2. The van der Waals surface area contributed by atoms with E-state index in [-0.39, 0.29) is 11.3 Å². The van der Waals surface area contributed by atoms with Crippen LogP contribution in [0.25, 0.3) is 11.4 Å². The molecule has 0 atom stereocenters. The number of carbonyl (C=O) groups is 1. The number of hydrogen-bond acceptors (Lipinski definition) is 4. The molecule has 0 fully saturated rings. The smallest absolute Gasteiger partial charge is 0.218 e. The molecule has 0 saturated heterocycles. The maximum Gasteiger partial charge on any atom is 0.218 e. The second-order valence-corrected chi connectivity index (χ2v) is 7.66. The molecule has 0 spiro atoms. The molecule has 2 N–H and O–H groups in total. The van der Waals surface area contributed by atoms with E-state index in [1.807, 2.05) is 10.6 Å². The third-order valence-corrected chi connectivity index (χ3v) is 4.59. The minimum absolute atomic E-state index is 0.114. The lowest BCUT2D eigenvalue weighted by Gasteiger charge is -2.19. The molecule has 1 heterocycles. The van der Waals surface area contributed by atoms with Crippen LogP contribution in [0.15, 0.2) is 42.1 Å². The third-order valence-electron chi connectivity index (χ3n) is 3.62. The quantitative estimate of drug-likeness (QED) is 0.617. The Bertz CT molecular complexity index is 714. The molecule has 24 heavy (non-hydrogen) atoms. The summed E-state index contributed by atoms with van der Waals surface area (Å²) in [4.78, 5) is 10.9. The summed E-state index contributed by atoms with van der Waals surface area (Å²) < 4.78 is 2.00. The lowest BCUT2D eigenvalue weighted by atomic mass is 9.87. The van der Waals surface area contributed by atoms with Crippen molar-refractivity contribution >= 4 is 17.7 Å². The summed E-state index contributed by atoms with van der Waals surface area (Å²) in [6.07, 6.45) is 2.13. The van der Waals surface area contributed by atoms with Gasteiger partial charge in [0.05, 0.1) is 0 Å². The number of nitrogens with zero attached hydrogens (tertiary/aromatic N) is 3. The highest BCUT2D eigenvalue weighted by molar-refractivity contribution is 7.99. The Kier molecular flexibility index (Phi) is 5.83. The van der Waals surface area contributed by atoms with E-state index >= 15 is 0 Å². The first-order valence-electron chi connectivity index (χ1n) is 7.89. The maximum atomic E-state index is 10.9. The fourth-order valence-electron chi connectivity index (χ4n) is 2.26. The van der Waals surface area contributed by atoms with Crippen LogP contribution < -0.4 is 5.73 Å². The van der Waals surface area contributed by atoms with Crippen LogP contribution in [0.3, 0.4) is 0 Å². The molecule has 0 aliphatic carbocycles. The molecule has 6 heteroatoms. The van der Waals surface area contributed by atoms with Crippen molar-refractivity contribution < 1.29 is 4.79 Å². The molecule has 2 aromatic rings. The molecule has 1 aromatic carbocycles. The summed E-state index contributed by atoms with van der Waals surface area (Å²) in [7, 11) is 0. The Morgan fingerprint density at radius 2 is 1.96 bits per heavy atom. The van der Waals surface area contributed by atoms with Crippen molar-refractivity contribution in [3.05, 3.63) is 42.5 Å². The van der Waals surface area contributed by atoms with Gasteiger partial charge >= 0.3 is 0 Å². The lowest BCUT2D eigenvalue weighted by molar-refractivity contribution is -0.117. The summed E-state index contributed by atoms with van der Waals surface area (Å²) in [5.74, 6) is 1.08. The first-order valence-corrected chi connectivity index (χ1v) is 8.87. The van der Waals surface area contributed by atoms with Crippen LogP contribution >= 0.6 is 11.8 Å². The number of carbonyl (C=O) groups excluding carboxylic acids is 1. The molecule has 1 amide bonds. The van der Waals surface area contributed by atoms with Crippen molar-refractivity contribution in [2.45, 2.75) is 44.3 Å². The Hall–Kier alpha value is -2.08. The van der Waals surface area contributed by atoms with Crippen LogP contribution in [0.5, 0.6) is 0 Å². The first kappa shape index (κ1) is 18.3. The summed E-state index contributed by atoms with van der Waals surface area (Å²) in [6, 6.07) is 8.40. The van der Waals surface area contributed by atoms with Gasteiger partial charge in [-0.05, 0) is 11.0 Å². The van der Waals surface area contributed by atoms with Crippen molar-refractivity contribution in [1.82, 2.24) is 14.8 Å². The number of thioether (sulfide) groups is 1. The Balaban J connectivity index is 2.27. The number of nitrogens with two attached hydrogens (primary N) is 1. The van der Waals surface area contributed by atoms with Crippen molar-refractivity contribution in [1.29, 1.82) is 0 Å². The summed E-state index contributed by atoms with van der Waals surface area (Å²) in [5.41, 5.74) is 7.59. The Morgan fingerprint density at radius 3 is 2.50 bits per heavy atom. The maximum absolute atomic E-state index is 10.9. The fourth-order valence-corrected chi connectivity index (χ4v) is 3.17. The second kappa shape index (κ2) is 7.66. The number of aromatic nitrogens is 3. The average Bonchev–Trinajstić information content (AvgIpc) is 2.90. The minimum atomic E-state index is -0.310. The molecule has 0 aliphatic heterocycles. The van der Waals surface area contributed by atoms with Crippen LogP contribution in [-0.2, 0) is 16.8 Å². The number of rotatable bonds is 7. The summed E-state index contributed by atoms with van der Waals surface area (Å²) in [5, 5.41) is 9.35. The van der Waals surface area contributed by atoms with E-state index in [9.17, 15) is 4.79 Å². The normalized spacial score (nSPS) is 11.5. The van der Waals surface area contributed by atoms with E-state index in [1.165, 1.54) is 17.3 Å². The molecule has 0 saturated carbocycles. The Labute approximate surface area is 147 Å². The lowest BCUT2D eigenvalue weighted by Crippen LogP contribution is -2.11. The van der Waals surface area contributed by atoms with Crippen molar-refractivity contribution in [3.8, 4) is 11.4 Å². The zero-order valence-corrected chi connectivity index (χ0v) is 15.3. The predicted octanol–water partition coefficient (Wildman–Crippen LogP) is 3.40. The first-order chi connectivity index (χ1) is 11.3. The van der Waals surface area contributed by atoms with E-state index < -0.39 is 0 Å². The molecule has 0 unspecified atom stereocenters. The topological polar surface area (TPSA) is 73.8 Å². The van der Waals surface area contributed by atoms with Crippen LogP contribution in [0.1, 0.15) is 32.8 Å². The molecule has 0 bridgehead atoms. The predicted molar refractivity (Wildman–Crippen MR) is 98.9 cm³/mol. The largest absolute Gasteiger partial charge is 0.370 e. The average molecular weight is 344 g/mol. The van der Waals surface area contributed by atoms with Crippen LogP contribution in [0.2, 0.25) is 0 Å². The van der Waals surface area contributed by atoms with Crippen LogP contribution in [-0.4, -0.2) is 26.4 Å². The highest BCUT2D eigenvalue weighted by Crippen LogP contribution is 2.27. The molecule has 0 radical (unpaired) electrons. The Morgan fingerprint density at radius 1 is 1.29 bits per heavy atom. The van der Waals surface area contributed by atoms with Gasteiger partial charge in [0.2, 0.25) is 5.91 Å². The molecule has 128 valence electrons. The number of primary amides is 1. The SMILES string of the molecule is C=CCn1c(SCCC(N)=O)nnc1-c1ccc(C(C)(C)C)cc1. The molecular formula is C18H24N4OS. The van der Waals surface area contributed by atoms with E-state index in [4.69, 9.17) is 5.73 Å². The van der Waals surface area contributed by atoms with Gasteiger partial charge in [-0.2, -0.15) is 0 Å². The van der Waals surface area contributed by atoms with Crippen molar-refractivity contribution in [2.24, 2.45) is 5.73 Å². The summed E-state index contributed by atoms with van der Waals surface area (Å²) in [6.45, 7) is 11.0. The zero-order chi connectivity index (χ0) is 17.7. The number of hydrogen-bond donors (Lipinski definition) is 1. The summed E-state index contributed by atoms with van der Waals surface area (Å²) >= 11 is 1.48. The second-order valence-electron chi connectivity index (χ2n) is 6.60. The van der Waals surface area contributed by atoms with Gasteiger partial charge in [0.15, 0.2) is 11.0 Å². The minimum Gasteiger partial charge on any atom is -0.370 e. The van der Waals surface area contributed by atoms with Crippen LogP contribution in [0.4, 0.5) is 0 Å². The number of allylic oxidation sites excluding steroid dienone is 1. The molecular weight excluding hydrogens is 320 g/mol. The van der Waals surface area contributed by atoms with E-state index in [0.29, 0.717) is 18.7 Å². The third kappa shape index (κ3) is 4.47. The van der Waals surface area contributed by atoms with Gasteiger partial charge in [0.25, 0.3) is 0 Å².